The van der Waals surface area contributed by atoms with Crippen LogP contribution < -0.4 is 16.4 Å². The molecule has 0 amide bonds. The molecular formula is C20H23N5O3. The highest BCUT2D eigenvalue weighted by atomic mass is 16.5. The molecule has 2 atom stereocenters. The van der Waals surface area contributed by atoms with Crippen LogP contribution in [0.3, 0.4) is 0 Å². The first-order valence-corrected chi connectivity index (χ1v) is 9.51. The highest BCUT2D eigenvalue weighted by Crippen LogP contribution is 2.16. The van der Waals surface area contributed by atoms with Crippen molar-refractivity contribution in [2.24, 2.45) is 5.92 Å². The summed E-state index contributed by atoms with van der Waals surface area (Å²) in [4.78, 5) is 32.1. The number of aromatic nitrogens is 4. The lowest BCUT2D eigenvalue weighted by atomic mass is 10.0. The van der Waals surface area contributed by atoms with Crippen LogP contribution in [-0.2, 0) is 4.74 Å². The van der Waals surface area contributed by atoms with Crippen molar-refractivity contribution in [2.45, 2.75) is 25.8 Å². The molecule has 0 spiro atoms. The zero-order chi connectivity index (χ0) is 19.5. The van der Waals surface area contributed by atoms with E-state index in [1.807, 2.05) is 25.1 Å². The van der Waals surface area contributed by atoms with Gasteiger partial charge in [-0.2, -0.15) is 5.10 Å². The number of hydrogen-bond acceptors (Lipinski definition) is 6. The van der Waals surface area contributed by atoms with E-state index in [0.29, 0.717) is 36.1 Å². The molecule has 0 aliphatic carbocycles. The number of fused-ring (bicyclic) bond motifs is 1. The maximum Gasteiger partial charge on any atom is 0.275 e. The summed E-state index contributed by atoms with van der Waals surface area (Å²) < 4.78 is 6.85. The van der Waals surface area contributed by atoms with Gasteiger partial charge in [-0.15, -0.1) is 0 Å². The number of benzene rings is 1. The Morgan fingerprint density at radius 2 is 2.21 bits per heavy atom. The molecule has 8 nitrogen and oxygen atoms in total. The van der Waals surface area contributed by atoms with Crippen molar-refractivity contribution in [1.29, 1.82) is 0 Å². The SMILES string of the molecule is C[C@H](c1cc(=O)[nH]c(NC[C@@H]2CCCOC2)n1)n1ncc2ccccc2c1=O. The number of nitrogens with zero attached hydrogens (tertiary/aromatic N) is 3. The van der Waals surface area contributed by atoms with Crippen LogP contribution in [0.2, 0.25) is 0 Å². The van der Waals surface area contributed by atoms with Crippen molar-refractivity contribution in [1.82, 2.24) is 19.7 Å². The average Bonchev–Trinajstić information content (AvgIpc) is 2.73. The lowest BCUT2D eigenvalue weighted by Crippen LogP contribution is -2.29. The van der Waals surface area contributed by atoms with Gasteiger partial charge >= 0.3 is 0 Å². The van der Waals surface area contributed by atoms with Gasteiger partial charge < -0.3 is 10.1 Å². The molecule has 3 aromatic rings. The summed E-state index contributed by atoms with van der Waals surface area (Å²) in [7, 11) is 0. The molecule has 0 bridgehead atoms. The van der Waals surface area contributed by atoms with Crippen molar-refractivity contribution >= 4 is 16.7 Å². The summed E-state index contributed by atoms with van der Waals surface area (Å²) >= 11 is 0. The molecule has 0 radical (unpaired) electrons. The summed E-state index contributed by atoms with van der Waals surface area (Å²) in [5.41, 5.74) is 0.00523. The zero-order valence-corrected chi connectivity index (χ0v) is 15.7. The largest absolute Gasteiger partial charge is 0.381 e. The summed E-state index contributed by atoms with van der Waals surface area (Å²) in [5.74, 6) is 0.790. The third-order valence-corrected chi connectivity index (χ3v) is 5.09. The number of H-pyrrole nitrogens is 1. The normalized spacial score (nSPS) is 18.1. The lowest BCUT2D eigenvalue weighted by Gasteiger charge is -2.22. The van der Waals surface area contributed by atoms with Gasteiger partial charge in [0.2, 0.25) is 5.95 Å². The topological polar surface area (TPSA) is 102 Å². The van der Waals surface area contributed by atoms with E-state index in [4.69, 9.17) is 4.74 Å². The third kappa shape index (κ3) is 3.82. The smallest absolute Gasteiger partial charge is 0.275 e. The number of rotatable bonds is 5. The van der Waals surface area contributed by atoms with E-state index in [9.17, 15) is 9.59 Å². The third-order valence-electron chi connectivity index (χ3n) is 5.09. The van der Waals surface area contributed by atoms with Gasteiger partial charge in [0.05, 0.1) is 29.9 Å². The number of aromatic amines is 1. The van der Waals surface area contributed by atoms with Crippen LogP contribution in [0.1, 0.15) is 31.5 Å². The fourth-order valence-electron chi connectivity index (χ4n) is 3.49. The second-order valence-corrected chi connectivity index (χ2v) is 7.14. The van der Waals surface area contributed by atoms with Gasteiger partial charge in [0.1, 0.15) is 0 Å². The van der Waals surface area contributed by atoms with Crippen LogP contribution in [0.25, 0.3) is 10.8 Å². The van der Waals surface area contributed by atoms with Gasteiger partial charge in [0.15, 0.2) is 0 Å². The molecule has 1 aliphatic rings. The first-order chi connectivity index (χ1) is 13.6. The van der Waals surface area contributed by atoms with Gasteiger partial charge in [-0.05, 0) is 31.7 Å². The van der Waals surface area contributed by atoms with E-state index in [1.54, 1.807) is 12.3 Å². The number of nitrogens with one attached hydrogen (secondary N) is 2. The van der Waals surface area contributed by atoms with Crippen molar-refractivity contribution < 1.29 is 4.74 Å². The summed E-state index contributed by atoms with van der Waals surface area (Å²) in [6, 6.07) is 8.24. The Labute approximate surface area is 161 Å². The van der Waals surface area contributed by atoms with Crippen LogP contribution in [-0.4, -0.2) is 39.5 Å². The van der Waals surface area contributed by atoms with Gasteiger partial charge in [-0.3, -0.25) is 14.6 Å². The summed E-state index contributed by atoms with van der Waals surface area (Å²) in [6.07, 6.45) is 3.79. The fraction of sp³-hybridized carbons (Fsp3) is 0.400. The monoisotopic (exact) mass is 381 g/mol. The molecular weight excluding hydrogens is 358 g/mol. The van der Waals surface area contributed by atoms with E-state index in [2.05, 4.69) is 20.4 Å². The van der Waals surface area contributed by atoms with Gasteiger partial charge in [0.25, 0.3) is 11.1 Å². The molecule has 0 saturated carbocycles. The minimum absolute atomic E-state index is 0.207. The second-order valence-electron chi connectivity index (χ2n) is 7.14. The highest BCUT2D eigenvalue weighted by molar-refractivity contribution is 5.80. The molecule has 1 saturated heterocycles. The van der Waals surface area contributed by atoms with Gasteiger partial charge in [-0.1, -0.05) is 18.2 Å². The molecule has 146 valence electrons. The molecule has 2 aromatic heterocycles. The minimum atomic E-state index is -0.474. The Hall–Kier alpha value is -3.00. The van der Waals surface area contributed by atoms with Gasteiger partial charge in [-0.25, -0.2) is 9.67 Å². The Balaban J connectivity index is 1.60. The number of hydrogen-bond donors (Lipinski definition) is 2. The van der Waals surface area contributed by atoms with E-state index in [0.717, 1.165) is 24.8 Å². The number of ether oxygens (including phenoxy) is 1. The average molecular weight is 381 g/mol. The summed E-state index contributed by atoms with van der Waals surface area (Å²) in [5, 5.41) is 8.84. The molecule has 4 rings (SSSR count). The van der Waals surface area contributed by atoms with Crippen LogP contribution in [0.15, 0.2) is 46.1 Å². The Morgan fingerprint density at radius 1 is 1.36 bits per heavy atom. The predicted octanol–water partition coefficient (Wildman–Crippen LogP) is 1.93. The van der Waals surface area contributed by atoms with Crippen molar-refractivity contribution in [3.63, 3.8) is 0 Å². The van der Waals surface area contributed by atoms with E-state index < -0.39 is 6.04 Å². The highest BCUT2D eigenvalue weighted by Gasteiger charge is 2.17. The molecule has 0 unspecified atom stereocenters. The molecule has 28 heavy (non-hydrogen) atoms. The zero-order valence-electron chi connectivity index (χ0n) is 15.7. The van der Waals surface area contributed by atoms with E-state index in [-0.39, 0.29) is 11.1 Å². The maximum absolute atomic E-state index is 12.8. The first-order valence-electron chi connectivity index (χ1n) is 9.51. The molecule has 2 N–H and O–H groups in total. The standard InChI is InChI=1S/C20H23N5O3/c1-13(25-19(27)16-7-3-2-6-15(16)11-22-25)17-9-18(26)24-20(23-17)21-10-14-5-4-8-28-12-14/h2-3,6-7,9,11,13-14H,4-5,8,10,12H2,1H3,(H2,21,23,24,26)/t13-,14+/m1/s1. The molecule has 1 fully saturated rings. The number of anilines is 1. The van der Waals surface area contributed by atoms with Crippen LogP contribution in [0.5, 0.6) is 0 Å². The molecule has 8 heteroatoms. The van der Waals surface area contributed by atoms with E-state index in [1.165, 1.54) is 10.7 Å². The Morgan fingerprint density at radius 3 is 3.04 bits per heavy atom. The van der Waals surface area contributed by atoms with Gasteiger partial charge in [0, 0.05) is 24.6 Å². The quantitative estimate of drug-likeness (QED) is 0.700. The minimum Gasteiger partial charge on any atom is -0.381 e. The van der Waals surface area contributed by atoms with Crippen LogP contribution >= 0.6 is 0 Å². The van der Waals surface area contributed by atoms with Crippen molar-refractivity contribution in [2.75, 3.05) is 25.1 Å². The molecule has 1 aromatic carbocycles. The van der Waals surface area contributed by atoms with Crippen LogP contribution in [0.4, 0.5) is 5.95 Å². The van der Waals surface area contributed by atoms with Crippen LogP contribution in [0, 0.1) is 5.92 Å². The predicted molar refractivity (Wildman–Crippen MR) is 107 cm³/mol. The second kappa shape index (κ2) is 7.93. The molecule has 3 heterocycles. The van der Waals surface area contributed by atoms with Crippen molar-refractivity contribution in [3.8, 4) is 0 Å². The Kier molecular flexibility index (Phi) is 5.21. The molecule has 1 aliphatic heterocycles. The first kappa shape index (κ1) is 18.4. The van der Waals surface area contributed by atoms with Crippen molar-refractivity contribution in [3.05, 3.63) is 62.9 Å². The maximum atomic E-state index is 12.8. The summed E-state index contributed by atoms with van der Waals surface area (Å²) in [6.45, 7) is 4.01. The Bertz CT molecular complexity index is 1080. The lowest BCUT2D eigenvalue weighted by molar-refractivity contribution is 0.0594. The van der Waals surface area contributed by atoms with E-state index >= 15 is 0 Å². The fourth-order valence-corrected chi connectivity index (χ4v) is 3.49.